The lowest BCUT2D eigenvalue weighted by Gasteiger charge is -2.24. The molecule has 2 aromatic heterocycles. The molecule has 3 aromatic rings. The monoisotopic (exact) mass is 415 g/mol. The third-order valence-corrected chi connectivity index (χ3v) is 5.49. The van der Waals surface area contributed by atoms with Crippen molar-refractivity contribution in [3.63, 3.8) is 0 Å². The van der Waals surface area contributed by atoms with E-state index < -0.39 is 0 Å². The predicted octanol–water partition coefficient (Wildman–Crippen LogP) is 2.83. The average Bonchev–Trinajstić information content (AvgIpc) is 3.32. The molecule has 1 aliphatic rings. The standard InChI is InChI=1S/C20H22ClN5O3/c1-4-14-19(22-11-25(14)2)20(27)24-13-9-29-10-16-12(13)8-23-26(16)15-6-5-7-17(28-3)18(15)21/h5-8,11,13H,4,9-10H2,1-3H3,(H,24,27)/t13-/m1/s1. The summed E-state index contributed by atoms with van der Waals surface area (Å²) >= 11 is 6.47. The van der Waals surface area contributed by atoms with Gasteiger partial charge >= 0.3 is 0 Å². The molecule has 0 fully saturated rings. The van der Waals surface area contributed by atoms with Gasteiger partial charge in [-0.1, -0.05) is 24.6 Å². The smallest absolute Gasteiger partial charge is 0.272 e. The Morgan fingerprint density at radius 2 is 2.28 bits per heavy atom. The number of aryl methyl sites for hydroxylation is 1. The van der Waals surface area contributed by atoms with Gasteiger partial charge < -0.3 is 19.4 Å². The van der Waals surface area contributed by atoms with E-state index in [-0.39, 0.29) is 11.9 Å². The first-order valence-electron chi connectivity index (χ1n) is 9.33. The Labute approximate surface area is 173 Å². The van der Waals surface area contributed by atoms with Gasteiger partial charge in [-0.3, -0.25) is 4.79 Å². The van der Waals surface area contributed by atoms with Gasteiger partial charge in [0, 0.05) is 18.3 Å². The highest BCUT2D eigenvalue weighted by Gasteiger charge is 2.29. The minimum absolute atomic E-state index is 0.226. The van der Waals surface area contributed by atoms with E-state index in [1.165, 1.54) is 0 Å². The fraction of sp³-hybridized carbons (Fsp3) is 0.350. The molecule has 1 amide bonds. The van der Waals surface area contributed by atoms with Gasteiger partial charge in [-0.15, -0.1) is 0 Å². The first-order valence-corrected chi connectivity index (χ1v) is 9.71. The second-order valence-electron chi connectivity index (χ2n) is 6.80. The summed E-state index contributed by atoms with van der Waals surface area (Å²) in [6.45, 7) is 2.74. The molecule has 1 aliphatic heterocycles. The summed E-state index contributed by atoms with van der Waals surface area (Å²) < 4.78 is 14.6. The third-order valence-electron chi connectivity index (χ3n) is 5.11. The van der Waals surface area contributed by atoms with E-state index in [4.69, 9.17) is 21.1 Å². The van der Waals surface area contributed by atoms with Gasteiger partial charge in [-0.25, -0.2) is 9.67 Å². The molecule has 0 unspecified atom stereocenters. The lowest BCUT2D eigenvalue weighted by atomic mass is 10.1. The van der Waals surface area contributed by atoms with Crippen molar-refractivity contribution in [1.29, 1.82) is 0 Å². The Morgan fingerprint density at radius 1 is 1.45 bits per heavy atom. The number of amides is 1. The van der Waals surface area contributed by atoms with Crippen LogP contribution in [0, 0.1) is 0 Å². The van der Waals surface area contributed by atoms with Crippen molar-refractivity contribution in [2.45, 2.75) is 26.0 Å². The first kappa shape index (κ1) is 19.5. The van der Waals surface area contributed by atoms with Crippen molar-refractivity contribution in [3.8, 4) is 11.4 Å². The Bertz CT molecular complexity index is 1060. The van der Waals surface area contributed by atoms with E-state index in [0.29, 0.717) is 35.4 Å². The number of carbonyl (C=O) groups is 1. The molecule has 3 heterocycles. The zero-order valence-corrected chi connectivity index (χ0v) is 17.2. The molecule has 0 saturated heterocycles. The number of methoxy groups -OCH3 is 1. The van der Waals surface area contributed by atoms with Gasteiger partial charge in [0.15, 0.2) is 0 Å². The molecule has 0 aliphatic carbocycles. The predicted molar refractivity (Wildman–Crippen MR) is 108 cm³/mol. The molecule has 0 spiro atoms. The van der Waals surface area contributed by atoms with E-state index in [9.17, 15) is 4.79 Å². The molecule has 9 heteroatoms. The maximum Gasteiger partial charge on any atom is 0.272 e. The van der Waals surface area contributed by atoms with Gasteiger partial charge in [-0.05, 0) is 18.6 Å². The fourth-order valence-corrected chi connectivity index (χ4v) is 3.90. The van der Waals surface area contributed by atoms with Gasteiger partial charge in [0.1, 0.15) is 16.5 Å². The molecular formula is C20H22ClN5O3. The molecule has 1 atom stereocenters. The van der Waals surface area contributed by atoms with Crippen LogP contribution < -0.4 is 10.1 Å². The van der Waals surface area contributed by atoms with Crippen LogP contribution >= 0.6 is 11.6 Å². The van der Waals surface area contributed by atoms with Crippen LogP contribution in [0.1, 0.15) is 40.4 Å². The molecule has 152 valence electrons. The van der Waals surface area contributed by atoms with Crippen LogP contribution in [0.25, 0.3) is 5.69 Å². The number of aromatic nitrogens is 4. The van der Waals surface area contributed by atoms with E-state index in [1.807, 2.05) is 30.7 Å². The number of hydrogen-bond acceptors (Lipinski definition) is 5. The van der Waals surface area contributed by atoms with Gasteiger partial charge in [0.25, 0.3) is 5.91 Å². The number of carbonyl (C=O) groups excluding carboxylic acids is 1. The quantitative estimate of drug-likeness (QED) is 0.692. The maximum absolute atomic E-state index is 12.8. The first-order chi connectivity index (χ1) is 14.0. The number of benzene rings is 1. The van der Waals surface area contributed by atoms with Crippen LogP contribution in [0.2, 0.25) is 5.02 Å². The zero-order valence-electron chi connectivity index (χ0n) is 16.5. The van der Waals surface area contributed by atoms with E-state index in [2.05, 4.69) is 15.4 Å². The summed E-state index contributed by atoms with van der Waals surface area (Å²) in [6, 6.07) is 5.18. The highest BCUT2D eigenvalue weighted by molar-refractivity contribution is 6.33. The largest absolute Gasteiger partial charge is 0.495 e. The second-order valence-corrected chi connectivity index (χ2v) is 7.18. The van der Waals surface area contributed by atoms with Crippen molar-refractivity contribution < 1.29 is 14.3 Å². The Morgan fingerprint density at radius 3 is 3.03 bits per heavy atom. The average molecular weight is 416 g/mol. The number of ether oxygens (including phenoxy) is 2. The fourth-order valence-electron chi connectivity index (χ4n) is 3.62. The lowest BCUT2D eigenvalue weighted by Crippen LogP contribution is -2.35. The van der Waals surface area contributed by atoms with Crippen molar-refractivity contribution >= 4 is 17.5 Å². The third kappa shape index (κ3) is 3.38. The molecular weight excluding hydrogens is 394 g/mol. The highest BCUT2D eigenvalue weighted by atomic mass is 35.5. The normalized spacial score (nSPS) is 15.8. The van der Waals surface area contributed by atoms with Crippen LogP contribution in [0.15, 0.2) is 30.7 Å². The summed E-state index contributed by atoms with van der Waals surface area (Å²) in [5.41, 5.74) is 3.76. The number of fused-ring (bicyclic) bond motifs is 1. The van der Waals surface area contributed by atoms with Crippen molar-refractivity contribution in [2.24, 2.45) is 7.05 Å². The molecule has 29 heavy (non-hydrogen) atoms. The summed E-state index contributed by atoms with van der Waals surface area (Å²) in [6.07, 6.45) is 4.12. The van der Waals surface area contributed by atoms with Crippen LogP contribution in [-0.2, 0) is 24.8 Å². The van der Waals surface area contributed by atoms with E-state index in [1.54, 1.807) is 30.4 Å². The summed E-state index contributed by atoms with van der Waals surface area (Å²) in [4.78, 5) is 17.1. The molecule has 0 bridgehead atoms. The van der Waals surface area contributed by atoms with Crippen LogP contribution in [0.3, 0.4) is 0 Å². The number of nitrogens with zero attached hydrogens (tertiary/aromatic N) is 4. The number of imidazole rings is 1. The second kappa shape index (κ2) is 7.88. The van der Waals surface area contributed by atoms with Gasteiger partial charge in [0.05, 0.1) is 50.3 Å². The Kier molecular flexibility index (Phi) is 5.29. The minimum Gasteiger partial charge on any atom is -0.495 e. The maximum atomic E-state index is 12.8. The Hall–Kier alpha value is -2.84. The lowest BCUT2D eigenvalue weighted by molar-refractivity contribution is 0.0684. The zero-order chi connectivity index (χ0) is 20.5. The molecule has 0 radical (unpaired) electrons. The molecule has 8 nitrogen and oxygen atoms in total. The number of rotatable bonds is 5. The number of halogens is 1. The van der Waals surface area contributed by atoms with Crippen molar-refractivity contribution in [3.05, 3.63) is 58.4 Å². The van der Waals surface area contributed by atoms with E-state index in [0.717, 1.165) is 23.4 Å². The molecule has 1 N–H and O–H groups in total. The minimum atomic E-state index is -0.323. The van der Waals surface area contributed by atoms with Gasteiger partial charge in [0.2, 0.25) is 0 Å². The van der Waals surface area contributed by atoms with Crippen molar-refractivity contribution in [1.82, 2.24) is 24.6 Å². The SMILES string of the molecule is CCc1c(C(=O)N[C@@H]2COCc3c2cnn3-c2cccc(OC)c2Cl)ncn1C. The molecule has 1 aromatic carbocycles. The summed E-state index contributed by atoms with van der Waals surface area (Å²) in [5.74, 6) is 0.341. The van der Waals surface area contributed by atoms with Gasteiger partial charge in [-0.2, -0.15) is 5.10 Å². The molecule has 4 rings (SSSR count). The number of nitrogens with one attached hydrogen (secondary N) is 1. The van der Waals surface area contributed by atoms with Crippen LogP contribution in [0.5, 0.6) is 5.75 Å². The van der Waals surface area contributed by atoms with E-state index >= 15 is 0 Å². The molecule has 0 saturated carbocycles. The summed E-state index contributed by atoms with van der Waals surface area (Å²) in [5, 5.41) is 7.99. The van der Waals surface area contributed by atoms with Crippen LogP contribution in [0.4, 0.5) is 0 Å². The van der Waals surface area contributed by atoms with Crippen molar-refractivity contribution in [2.75, 3.05) is 13.7 Å². The highest BCUT2D eigenvalue weighted by Crippen LogP contribution is 2.33. The number of hydrogen-bond donors (Lipinski definition) is 1. The summed E-state index contributed by atoms with van der Waals surface area (Å²) in [7, 11) is 3.45. The topological polar surface area (TPSA) is 83.2 Å². The van der Waals surface area contributed by atoms with Crippen LogP contribution in [-0.4, -0.2) is 39.0 Å². The Balaban J connectivity index is 1.64.